The maximum Gasteiger partial charge on any atom is 0.274 e. The zero-order valence-corrected chi connectivity index (χ0v) is 10.9. The monoisotopic (exact) mass is 277 g/mol. The highest BCUT2D eigenvalue weighted by atomic mass is 16.5. The summed E-state index contributed by atoms with van der Waals surface area (Å²) in [5.74, 6) is 0.352. The average molecular weight is 277 g/mol. The molecule has 7 nitrogen and oxygen atoms in total. The molecule has 1 aliphatic rings. The van der Waals surface area contributed by atoms with Gasteiger partial charge in [0.2, 0.25) is 5.96 Å². The number of rotatable bonds is 4. The fourth-order valence-electron chi connectivity index (χ4n) is 1.68. The van der Waals surface area contributed by atoms with Gasteiger partial charge in [-0.05, 0) is 23.8 Å². The summed E-state index contributed by atoms with van der Waals surface area (Å²) in [7, 11) is 1.45. The molecule has 7 heteroatoms. The number of carbonyl (C=O) groups excluding carboxylic acids is 1. The third-order valence-corrected chi connectivity index (χ3v) is 2.61. The number of benzene rings is 1. The van der Waals surface area contributed by atoms with Crippen LogP contribution < -0.4 is 15.4 Å². The number of aliphatic hydroxyl groups is 1. The first-order valence-electron chi connectivity index (χ1n) is 5.96. The first-order valence-corrected chi connectivity index (χ1v) is 5.96. The predicted molar refractivity (Wildman–Crippen MR) is 73.3 cm³/mol. The second kappa shape index (κ2) is 6.07. The number of carbonyl (C=O) groups is 1. The fraction of sp³-hybridized carbons (Fsp3) is 0.231. The van der Waals surface area contributed by atoms with E-state index in [1.165, 1.54) is 13.2 Å². The van der Waals surface area contributed by atoms with E-state index in [0.717, 1.165) is 0 Å². The molecule has 4 N–H and O–H groups in total. The molecule has 1 aromatic rings. The summed E-state index contributed by atoms with van der Waals surface area (Å²) in [5, 5.41) is 23.5. The number of phenolic OH excluding ortho intramolecular Hbond substituents is 1. The molecule has 1 aliphatic heterocycles. The third kappa shape index (κ3) is 3.07. The molecule has 106 valence electrons. The molecule has 0 unspecified atom stereocenters. The Labute approximate surface area is 115 Å². The topological polar surface area (TPSA) is 103 Å². The van der Waals surface area contributed by atoms with Crippen molar-refractivity contribution in [2.75, 3.05) is 20.3 Å². The Bertz CT molecular complexity index is 581. The Morgan fingerprint density at radius 3 is 2.90 bits per heavy atom. The number of hydrogen-bond donors (Lipinski definition) is 4. The molecule has 0 saturated carbocycles. The number of hydrogen-bond acceptors (Lipinski definition) is 5. The van der Waals surface area contributed by atoms with Crippen LogP contribution in [-0.4, -0.2) is 42.3 Å². The van der Waals surface area contributed by atoms with Crippen LogP contribution >= 0.6 is 0 Å². The van der Waals surface area contributed by atoms with Crippen molar-refractivity contribution in [3.05, 3.63) is 29.5 Å². The van der Waals surface area contributed by atoms with Crippen LogP contribution in [0.4, 0.5) is 0 Å². The molecule has 0 spiro atoms. The van der Waals surface area contributed by atoms with Crippen molar-refractivity contribution in [2.24, 2.45) is 4.99 Å². The Hall–Kier alpha value is -2.54. The molecule has 1 amide bonds. The molecule has 1 fully saturated rings. The zero-order valence-electron chi connectivity index (χ0n) is 10.9. The molecule has 0 bridgehead atoms. The Morgan fingerprint density at radius 1 is 1.40 bits per heavy atom. The number of amides is 1. The van der Waals surface area contributed by atoms with E-state index < -0.39 is 0 Å². The first-order chi connectivity index (χ1) is 9.63. The maximum absolute atomic E-state index is 11.7. The van der Waals surface area contributed by atoms with Crippen molar-refractivity contribution in [3.8, 4) is 11.5 Å². The summed E-state index contributed by atoms with van der Waals surface area (Å²) in [6.45, 7) is 0.123. The van der Waals surface area contributed by atoms with Crippen LogP contribution in [0.1, 0.15) is 5.56 Å². The van der Waals surface area contributed by atoms with Crippen LogP contribution in [0.25, 0.3) is 6.08 Å². The van der Waals surface area contributed by atoms with Crippen LogP contribution in [0.3, 0.4) is 0 Å². The number of nitrogens with zero attached hydrogens (tertiary/aromatic N) is 1. The van der Waals surface area contributed by atoms with Crippen molar-refractivity contribution < 1.29 is 19.7 Å². The van der Waals surface area contributed by atoms with Crippen LogP contribution in [0.2, 0.25) is 0 Å². The Morgan fingerprint density at radius 2 is 2.20 bits per heavy atom. The van der Waals surface area contributed by atoms with Gasteiger partial charge in [0.15, 0.2) is 11.5 Å². The van der Waals surface area contributed by atoms with Gasteiger partial charge in [-0.2, -0.15) is 0 Å². The molecule has 1 heterocycles. The highest BCUT2D eigenvalue weighted by Gasteiger charge is 2.21. The van der Waals surface area contributed by atoms with Crippen molar-refractivity contribution in [3.63, 3.8) is 0 Å². The normalized spacial score (nSPS) is 18.2. The summed E-state index contributed by atoms with van der Waals surface area (Å²) in [5.41, 5.74) is 1.02. The number of ether oxygens (including phenoxy) is 1. The third-order valence-electron chi connectivity index (χ3n) is 2.61. The number of phenols is 1. The van der Waals surface area contributed by atoms with Crippen LogP contribution in [0.5, 0.6) is 11.5 Å². The zero-order chi connectivity index (χ0) is 14.5. The van der Waals surface area contributed by atoms with Gasteiger partial charge in [-0.15, -0.1) is 0 Å². The van der Waals surface area contributed by atoms with Gasteiger partial charge in [0.25, 0.3) is 5.91 Å². The first kappa shape index (κ1) is 13.9. The summed E-state index contributed by atoms with van der Waals surface area (Å²) in [6.07, 6.45) is 1.61. The van der Waals surface area contributed by atoms with Gasteiger partial charge >= 0.3 is 0 Å². The Balaban J connectivity index is 2.21. The lowest BCUT2D eigenvalue weighted by molar-refractivity contribution is -0.115. The van der Waals surface area contributed by atoms with E-state index in [-0.39, 0.29) is 24.8 Å². The maximum atomic E-state index is 11.7. The SMILES string of the molecule is COc1cc(/C=C2/NC(=NCCO)NC2=O)ccc1O. The number of aromatic hydroxyl groups is 1. The molecule has 20 heavy (non-hydrogen) atoms. The van der Waals surface area contributed by atoms with Gasteiger partial charge in [-0.1, -0.05) is 6.07 Å². The largest absolute Gasteiger partial charge is 0.504 e. The van der Waals surface area contributed by atoms with Crippen LogP contribution in [0.15, 0.2) is 28.9 Å². The second-order valence-corrected chi connectivity index (χ2v) is 4.02. The molecular formula is C13H15N3O4. The van der Waals surface area contributed by atoms with Gasteiger partial charge in [-0.25, -0.2) is 0 Å². The number of aliphatic imine (C=N–C) groups is 1. The second-order valence-electron chi connectivity index (χ2n) is 4.02. The highest BCUT2D eigenvalue weighted by Crippen LogP contribution is 2.27. The van der Waals surface area contributed by atoms with E-state index in [4.69, 9.17) is 9.84 Å². The minimum atomic E-state index is -0.311. The average Bonchev–Trinajstić information content (AvgIpc) is 2.79. The fourth-order valence-corrected chi connectivity index (χ4v) is 1.68. The minimum absolute atomic E-state index is 0.0312. The summed E-state index contributed by atoms with van der Waals surface area (Å²) < 4.78 is 5.00. The van der Waals surface area contributed by atoms with Crippen LogP contribution in [0, 0.1) is 0 Å². The van der Waals surface area contributed by atoms with Gasteiger partial charge < -0.3 is 20.3 Å². The van der Waals surface area contributed by atoms with Gasteiger partial charge in [0.1, 0.15) is 5.70 Å². The molecular weight excluding hydrogens is 262 g/mol. The van der Waals surface area contributed by atoms with E-state index in [9.17, 15) is 9.90 Å². The van der Waals surface area contributed by atoms with Gasteiger partial charge in [-0.3, -0.25) is 15.1 Å². The standard InChI is InChI=1S/C13H15N3O4/c1-20-11-7-8(2-3-10(11)18)6-9-12(19)16-13(15-9)14-4-5-17/h2-3,6-7,17-18H,4-5H2,1H3,(H2,14,15,16,19)/b9-6+. The van der Waals surface area contributed by atoms with Gasteiger partial charge in [0, 0.05) is 0 Å². The van der Waals surface area contributed by atoms with E-state index in [2.05, 4.69) is 15.6 Å². The minimum Gasteiger partial charge on any atom is -0.504 e. The smallest absolute Gasteiger partial charge is 0.274 e. The highest BCUT2D eigenvalue weighted by molar-refractivity contribution is 6.15. The molecule has 1 aromatic carbocycles. The van der Waals surface area contributed by atoms with Crippen molar-refractivity contribution >= 4 is 17.9 Å². The van der Waals surface area contributed by atoms with E-state index in [0.29, 0.717) is 23.0 Å². The van der Waals surface area contributed by atoms with Crippen LogP contribution in [-0.2, 0) is 4.79 Å². The summed E-state index contributed by atoms with van der Waals surface area (Å²) >= 11 is 0. The summed E-state index contributed by atoms with van der Waals surface area (Å²) in [6, 6.07) is 4.75. The quantitative estimate of drug-likeness (QED) is 0.571. The Kier molecular flexibility index (Phi) is 4.21. The molecule has 0 radical (unpaired) electrons. The molecule has 0 aromatic heterocycles. The van der Waals surface area contributed by atoms with E-state index in [1.807, 2.05) is 0 Å². The molecule has 0 aliphatic carbocycles. The number of aliphatic hydroxyl groups excluding tert-OH is 1. The summed E-state index contributed by atoms with van der Waals surface area (Å²) in [4.78, 5) is 15.7. The van der Waals surface area contributed by atoms with Crippen molar-refractivity contribution in [1.29, 1.82) is 0 Å². The van der Waals surface area contributed by atoms with E-state index >= 15 is 0 Å². The number of guanidine groups is 1. The van der Waals surface area contributed by atoms with Crippen molar-refractivity contribution in [2.45, 2.75) is 0 Å². The van der Waals surface area contributed by atoms with E-state index in [1.54, 1.807) is 18.2 Å². The van der Waals surface area contributed by atoms with Gasteiger partial charge in [0.05, 0.1) is 20.3 Å². The van der Waals surface area contributed by atoms with Crippen molar-refractivity contribution in [1.82, 2.24) is 10.6 Å². The molecule has 0 atom stereocenters. The molecule has 1 saturated heterocycles. The molecule has 2 rings (SSSR count). The number of nitrogens with one attached hydrogen (secondary N) is 2. The lowest BCUT2D eigenvalue weighted by atomic mass is 10.1. The lowest BCUT2D eigenvalue weighted by Gasteiger charge is -2.04. The predicted octanol–water partition coefficient (Wildman–Crippen LogP) is -0.191. The number of methoxy groups -OCH3 is 1. The lowest BCUT2D eigenvalue weighted by Crippen LogP contribution is -2.25.